The highest BCUT2D eigenvalue weighted by molar-refractivity contribution is 5.97. The van der Waals surface area contributed by atoms with Gasteiger partial charge in [0.1, 0.15) is 0 Å². The second kappa shape index (κ2) is 6.28. The van der Waals surface area contributed by atoms with E-state index in [0.29, 0.717) is 6.54 Å². The molecule has 0 atom stereocenters. The third-order valence-corrected chi connectivity index (χ3v) is 2.66. The maximum atomic E-state index is 11.6. The Morgan fingerprint density at radius 3 is 2.19 bits per heavy atom. The topological polar surface area (TPSA) is 32.3 Å². The van der Waals surface area contributed by atoms with Crippen molar-refractivity contribution < 1.29 is 4.79 Å². The standard InChI is InChI=1S/C13H20N2O/c1-4-15(5-2)12-8-6-11(7-9-12)13(16)10-14-3/h6-9,14H,4-5,10H2,1-3H3. The van der Waals surface area contributed by atoms with Gasteiger partial charge in [0.05, 0.1) is 6.54 Å². The van der Waals surface area contributed by atoms with Crippen LogP contribution in [0.5, 0.6) is 0 Å². The molecule has 1 rings (SSSR count). The van der Waals surface area contributed by atoms with Crippen molar-refractivity contribution in [1.82, 2.24) is 5.32 Å². The van der Waals surface area contributed by atoms with Gasteiger partial charge in [-0.05, 0) is 45.2 Å². The van der Waals surface area contributed by atoms with E-state index in [0.717, 1.165) is 18.7 Å². The summed E-state index contributed by atoms with van der Waals surface area (Å²) in [6.45, 7) is 6.62. The number of nitrogens with zero attached hydrogens (tertiary/aromatic N) is 1. The molecule has 1 aromatic rings. The van der Waals surface area contributed by atoms with Gasteiger partial charge in [0.25, 0.3) is 0 Å². The minimum atomic E-state index is 0.133. The molecule has 0 saturated carbocycles. The number of carbonyl (C=O) groups excluding carboxylic acids is 1. The first-order valence-corrected chi connectivity index (χ1v) is 5.75. The monoisotopic (exact) mass is 220 g/mol. The Morgan fingerprint density at radius 2 is 1.75 bits per heavy atom. The predicted molar refractivity (Wildman–Crippen MR) is 68.3 cm³/mol. The van der Waals surface area contributed by atoms with E-state index in [1.807, 2.05) is 24.3 Å². The van der Waals surface area contributed by atoms with E-state index in [2.05, 4.69) is 24.1 Å². The van der Waals surface area contributed by atoms with Crippen LogP contribution < -0.4 is 10.2 Å². The molecule has 0 aliphatic rings. The summed E-state index contributed by atoms with van der Waals surface area (Å²) in [5.41, 5.74) is 1.94. The highest BCUT2D eigenvalue weighted by Crippen LogP contribution is 2.14. The highest BCUT2D eigenvalue weighted by Gasteiger charge is 2.05. The molecule has 0 saturated heterocycles. The molecule has 0 aliphatic heterocycles. The van der Waals surface area contributed by atoms with Crippen LogP contribution in [-0.4, -0.2) is 32.5 Å². The van der Waals surface area contributed by atoms with Crippen LogP contribution in [-0.2, 0) is 0 Å². The second-order valence-electron chi connectivity index (χ2n) is 3.67. The van der Waals surface area contributed by atoms with Gasteiger partial charge >= 0.3 is 0 Å². The Labute approximate surface area is 97.5 Å². The normalized spacial score (nSPS) is 10.2. The maximum Gasteiger partial charge on any atom is 0.176 e. The van der Waals surface area contributed by atoms with Gasteiger partial charge < -0.3 is 10.2 Å². The molecule has 0 aliphatic carbocycles. The molecule has 0 radical (unpaired) electrons. The minimum absolute atomic E-state index is 0.133. The third-order valence-electron chi connectivity index (χ3n) is 2.66. The summed E-state index contributed by atoms with van der Waals surface area (Å²) in [4.78, 5) is 13.8. The summed E-state index contributed by atoms with van der Waals surface area (Å²) in [6, 6.07) is 7.81. The molecular weight excluding hydrogens is 200 g/mol. The Morgan fingerprint density at radius 1 is 1.19 bits per heavy atom. The van der Waals surface area contributed by atoms with Crippen LogP contribution >= 0.6 is 0 Å². The number of Topliss-reactive ketones (excluding diaryl/α,β-unsaturated/α-hetero) is 1. The molecule has 0 unspecified atom stereocenters. The van der Waals surface area contributed by atoms with Crippen LogP contribution in [0.1, 0.15) is 24.2 Å². The summed E-state index contributed by atoms with van der Waals surface area (Å²) >= 11 is 0. The van der Waals surface area contributed by atoms with Crippen molar-refractivity contribution in [3.05, 3.63) is 29.8 Å². The number of likely N-dealkylation sites (N-methyl/N-ethyl adjacent to an activating group) is 1. The summed E-state index contributed by atoms with van der Waals surface area (Å²) in [6.07, 6.45) is 0. The molecule has 0 bridgehead atoms. The summed E-state index contributed by atoms with van der Waals surface area (Å²) < 4.78 is 0. The van der Waals surface area contributed by atoms with Gasteiger partial charge in [-0.15, -0.1) is 0 Å². The molecule has 88 valence electrons. The van der Waals surface area contributed by atoms with E-state index >= 15 is 0 Å². The van der Waals surface area contributed by atoms with Crippen LogP contribution in [0, 0.1) is 0 Å². The lowest BCUT2D eigenvalue weighted by Gasteiger charge is -2.20. The molecule has 0 fully saturated rings. The van der Waals surface area contributed by atoms with Crippen LogP contribution in [0.2, 0.25) is 0 Å². The quantitative estimate of drug-likeness (QED) is 0.744. The second-order valence-corrected chi connectivity index (χ2v) is 3.67. The van der Waals surface area contributed by atoms with E-state index < -0.39 is 0 Å². The van der Waals surface area contributed by atoms with E-state index in [1.54, 1.807) is 7.05 Å². The lowest BCUT2D eigenvalue weighted by molar-refractivity contribution is 0.0993. The van der Waals surface area contributed by atoms with Crippen LogP contribution in [0.25, 0.3) is 0 Å². The van der Waals surface area contributed by atoms with Crippen molar-refractivity contribution >= 4 is 11.5 Å². The lowest BCUT2D eigenvalue weighted by atomic mass is 10.1. The molecule has 1 N–H and O–H groups in total. The zero-order chi connectivity index (χ0) is 12.0. The number of anilines is 1. The number of carbonyl (C=O) groups is 1. The molecule has 3 nitrogen and oxygen atoms in total. The first-order chi connectivity index (χ1) is 7.72. The smallest absolute Gasteiger partial charge is 0.176 e. The van der Waals surface area contributed by atoms with Crippen LogP contribution in [0.4, 0.5) is 5.69 Å². The number of benzene rings is 1. The SMILES string of the molecule is CCN(CC)c1ccc(C(=O)CNC)cc1. The molecule has 0 heterocycles. The Hall–Kier alpha value is -1.35. The van der Waals surface area contributed by atoms with Crippen LogP contribution in [0.3, 0.4) is 0 Å². The zero-order valence-corrected chi connectivity index (χ0v) is 10.3. The molecule has 0 amide bonds. The van der Waals surface area contributed by atoms with E-state index in [9.17, 15) is 4.79 Å². The van der Waals surface area contributed by atoms with Crippen molar-refractivity contribution in [2.24, 2.45) is 0 Å². The van der Waals surface area contributed by atoms with Crippen LogP contribution in [0.15, 0.2) is 24.3 Å². The highest BCUT2D eigenvalue weighted by atomic mass is 16.1. The lowest BCUT2D eigenvalue weighted by Crippen LogP contribution is -2.22. The fourth-order valence-corrected chi connectivity index (χ4v) is 1.71. The number of hydrogen-bond acceptors (Lipinski definition) is 3. The Bertz CT molecular complexity index is 328. The van der Waals surface area contributed by atoms with Gasteiger partial charge in [-0.1, -0.05) is 0 Å². The van der Waals surface area contributed by atoms with Gasteiger partial charge in [0, 0.05) is 24.3 Å². The van der Waals surface area contributed by atoms with Crippen molar-refractivity contribution in [3.8, 4) is 0 Å². The van der Waals surface area contributed by atoms with Crippen molar-refractivity contribution in [1.29, 1.82) is 0 Å². The first kappa shape index (κ1) is 12.7. The van der Waals surface area contributed by atoms with Gasteiger partial charge in [0.2, 0.25) is 0 Å². The van der Waals surface area contributed by atoms with Gasteiger partial charge in [-0.2, -0.15) is 0 Å². The van der Waals surface area contributed by atoms with E-state index in [-0.39, 0.29) is 5.78 Å². The average molecular weight is 220 g/mol. The number of nitrogens with one attached hydrogen (secondary N) is 1. The summed E-state index contributed by atoms with van der Waals surface area (Å²) in [7, 11) is 1.78. The summed E-state index contributed by atoms with van der Waals surface area (Å²) in [5.74, 6) is 0.133. The van der Waals surface area contributed by atoms with Gasteiger partial charge in [0.15, 0.2) is 5.78 Å². The molecule has 16 heavy (non-hydrogen) atoms. The Balaban J connectivity index is 2.78. The molecular formula is C13H20N2O. The average Bonchev–Trinajstić information content (AvgIpc) is 2.32. The van der Waals surface area contributed by atoms with E-state index in [1.165, 1.54) is 5.69 Å². The van der Waals surface area contributed by atoms with Gasteiger partial charge in [-0.25, -0.2) is 0 Å². The number of rotatable bonds is 6. The molecule has 0 aromatic heterocycles. The van der Waals surface area contributed by atoms with Crippen molar-refractivity contribution in [2.75, 3.05) is 31.6 Å². The minimum Gasteiger partial charge on any atom is -0.372 e. The predicted octanol–water partition coefficient (Wildman–Crippen LogP) is 1.93. The van der Waals surface area contributed by atoms with Crippen molar-refractivity contribution in [3.63, 3.8) is 0 Å². The molecule has 0 spiro atoms. The maximum absolute atomic E-state index is 11.6. The van der Waals surface area contributed by atoms with Gasteiger partial charge in [-0.3, -0.25) is 4.79 Å². The first-order valence-electron chi connectivity index (χ1n) is 5.75. The fourth-order valence-electron chi connectivity index (χ4n) is 1.71. The molecule has 1 aromatic carbocycles. The zero-order valence-electron chi connectivity index (χ0n) is 10.3. The van der Waals surface area contributed by atoms with E-state index in [4.69, 9.17) is 0 Å². The fraction of sp³-hybridized carbons (Fsp3) is 0.462. The van der Waals surface area contributed by atoms with Crippen molar-refractivity contribution in [2.45, 2.75) is 13.8 Å². The summed E-state index contributed by atoms with van der Waals surface area (Å²) in [5, 5.41) is 2.87. The number of hydrogen-bond donors (Lipinski definition) is 1. The number of ketones is 1. The largest absolute Gasteiger partial charge is 0.372 e. The molecule has 3 heteroatoms. The third kappa shape index (κ3) is 3.07. The Kier molecular flexibility index (Phi) is 4.99.